The summed E-state index contributed by atoms with van der Waals surface area (Å²) in [5.41, 5.74) is 1.05. The van der Waals surface area contributed by atoms with Gasteiger partial charge in [-0.15, -0.1) is 0 Å². The molecule has 1 aliphatic heterocycles. The lowest BCUT2D eigenvalue weighted by molar-refractivity contribution is -0.155. The van der Waals surface area contributed by atoms with Crippen molar-refractivity contribution in [1.82, 2.24) is 5.32 Å². The summed E-state index contributed by atoms with van der Waals surface area (Å²) in [5, 5.41) is 11.7. The maximum atomic E-state index is 13.8. The molecule has 3 aromatic rings. The number of alkyl halides is 1. The van der Waals surface area contributed by atoms with Gasteiger partial charge in [0, 0.05) is 31.6 Å². The Bertz CT molecular complexity index is 1390. The van der Waals surface area contributed by atoms with Crippen LogP contribution in [0.5, 0.6) is 5.75 Å². The lowest BCUT2D eigenvalue weighted by atomic mass is 9.83. The Morgan fingerprint density at radius 1 is 0.977 bits per heavy atom. The average molecular weight is 591 g/mol. The third-order valence-electron chi connectivity index (χ3n) is 6.86. The van der Waals surface area contributed by atoms with Gasteiger partial charge in [-0.25, -0.2) is 9.38 Å². The lowest BCUT2D eigenvalue weighted by Crippen LogP contribution is -2.49. The van der Waals surface area contributed by atoms with Gasteiger partial charge < -0.3 is 24.6 Å². The maximum Gasteiger partial charge on any atom is 0.306 e. The van der Waals surface area contributed by atoms with E-state index in [1.54, 1.807) is 45.0 Å². The van der Waals surface area contributed by atoms with Crippen LogP contribution in [0.25, 0.3) is 11.1 Å². The Morgan fingerprint density at radius 2 is 1.63 bits per heavy atom. The summed E-state index contributed by atoms with van der Waals surface area (Å²) in [6, 6.07) is 24.6. The van der Waals surface area contributed by atoms with E-state index in [-0.39, 0.29) is 31.9 Å². The molecular formula is C34H39FN2O6. The zero-order valence-corrected chi connectivity index (χ0v) is 24.8. The molecule has 4 rings (SSSR count). The van der Waals surface area contributed by atoms with Gasteiger partial charge in [0.1, 0.15) is 18.0 Å². The van der Waals surface area contributed by atoms with Crippen molar-refractivity contribution in [2.24, 2.45) is 4.99 Å². The molecule has 0 unspecified atom stereocenters. The fourth-order valence-electron chi connectivity index (χ4n) is 4.85. The van der Waals surface area contributed by atoms with Crippen LogP contribution in [0.15, 0.2) is 83.9 Å². The van der Waals surface area contributed by atoms with Crippen molar-refractivity contribution in [3.63, 3.8) is 0 Å². The van der Waals surface area contributed by atoms with Crippen LogP contribution in [0.2, 0.25) is 0 Å². The Kier molecular flexibility index (Phi) is 10.5. The Labute approximate surface area is 251 Å². The molecule has 43 heavy (non-hydrogen) atoms. The number of benzene rings is 3. The summed E-state index contributed by atoms with van der Waals surface area (Å²) in [5.74, 6) is -0.180. The first-order chi connectivity index (χ1) is 20.6. The van der Waals surface area contributed by atoms with E-state index in [9.17, 15) is 14.0 Å². The van der Waals surface area contributed by atoms with Crippen molar-refractivity contribution in [2.75, 3.05) is 26.4 Å². The number of nitrogens with one attached hydrogen (secondary N) is 1. The highest BCUT2D eigenvalue weighted by molar-refractivity contribution is 6.01. The minimum atomic E-state index is -1.56. The molecule has 0 fully saturated rings. The minimum absolute atomic E-state index is 0.0169. The maximum absolute atomic E-state index is 13.8. The number of rotatable bonds is 13. The summed E-state index contributed by atoms with van der Waals surface area (Å²) in [4.78, 5) is 31.5. The van der Waals surface area contributed by atoms with E-state index < -0.39 is 35.8 Å². The molecule has 1 heterocycles. The fourth-order valence-corrected chi connectivity index (χ4v) is 4.85. The molecule has 2 atom stereocenters. The number of aliphatic imine (C=N–C) groups is 1. The Morgan fingerprint density at radius 3 is 2.26 bits per heavy atom. The van der Waals surface area contributed by atoms with Crippen LogP contribution in [-0.4, -0.2) is 60.5 Å². The van der Waals surface area contributed by atoms with Crippen LogP contribution in [0.3, 0.4) is 0 Å². The highest BCUT2D eigenvalue weighted by Gasteiger charge is 2.53. The number of aliphatic hydroxyl groups excluding tert-OH is 1. The van der Waals surface area contributed by atoms with E-state index in [4.69, 9.17) is 24.3 Å². The number of aliphatic hydroxyl groups is 1. The van der Waals surface area contributed by atoms with Crippen molar-refractivity contribution < 1.29 is 33.3 Å². The second-order valence-electron chi connectivity index (χ2n) is 11.3. The first kappa shape index (κ1) is 31.7. The fraction of sp³-hybridized carbons (Fsp3) is 0.382. The molecule has 0 saturated heterocycles. The van der Waals surface area contributed by atoms with Gasteiger partial charge in [-0.1, -0.05) is 54.6 Å². The summed E-state index contributed by atoms with van der Waals surface area (Å²) >= 11 is 0. The van der Waals surface area contributed by atoms with Gasteiger partial charge in [0.05, 0.1) is 6.61 Å². The van der Waals surface area contributed by atoms with Crippen LogP contribution in [0, 0.1) is 0 Å². The number of ether oxygens (including phenoxy) is 3. The smallest absolute Gasteiger partial charge is 0.306 e. The van der Waals surface area contributed by atoms with E-state index in [1.807, 2.05) is 54.6 Å². The molecule has 0 aliphatic carbocycles. The van der Waals surface area contributed by atoms with Crippen LogP contribution < -0.4 is 10.1 Å². The summed E-state index contributed by atoms with van der Waals surface area (Å²) in [6.07, 6.45) is -0.501. The second kappa shape index (κ2) is 14.3. The molecule has 0 aromatic heterocycles. The van der Waals surface area contributed by atoms with Crippen molar-refractivity contribution in [3.05, 3.63) is 90.0 Å². The van der Waals surface area contributed by atoms with Gasteiger partial charge >= 0.3 is 5.97 Å². The molecule has 1 amide bonds. The predicted octanol–water partition coefficient (Wildman–Crippen LogP) is 5.58. The first-order valence-corrected chi connectivity index (χ1v) is 14.5. The first-order valence-electron chi connectivity index (χ1n) is 14.5. The topological polar surface area (TPSA) is 106 Å². The largest absolute Gasteiger partial charge is 0.494 e. The van der Waals surface area contributed by atoms with Crippen molar-refractivity contribution in [1.29, 1.82) is 0 Å². The summed E-state index contributed by atoms with van der Waals surface area (Å²) in [6.45, 7) is 4.79. The van der Waals surface area contributed by atoms with E-state index in [1.165, 1.54) is 0 Å². The zero-order valence-electron chi connectivity index (χ0n) is 24.8. The van der Waals surface area contributed by atoms with Crippen LogP contribution in [0.1, 0.15) is 57.3 Å². The van der Waals surface area contributed by atoms with E-state index in [0.717, 1.165) is 11.1 Å². The van der Waals surface area contributed by atoms with Crippen molar-refractivity contribution in [3.8, 4) is 16.9 Å². The lowest BCUT2D eigenvalue weighted by Gasteiger charge is -2.31. The standard InChI is InChI=1S/C34H39FN2O6/c1-33(2,3)43-29(39)18-19-34(32(40)36-21-20-35)30(26-12-10-25(11-13-26)24-8-5-4-6-9-24)42-31(37-34)27-14-16-28(17-15-27)41-23-7-22-38/h4-6,8-17,30,38H,7,18-23H2,1-3H3,(H,36,40)/t30-,34-/m1/s1. The van der Waals surface area contributed by atoms with Crippen LogP contribution >= 0.6 is 0 Å². The Balaban J connectivity index is 1.71. The highest BCUT2D eigenvalue weighted by atomic mass is 19.1. The van der Waals surface area contributed by atoms with Crippen molar-refractivity contribution in [2.45, 2.75) is 57.3 Å². The normalized spacial score (nSPS) is 18.0. The molecule has 2 N–H and O–H groups in total. The quantitative estimate of drug-likeness (QED) is 0.199. The average Bonchev–Trinajstić information content (AvgIpc) is 3.40. The van der Waals surface area contributed by atoms with Crippen LogP contribution in [0.4, 0.5) is 4.39 Å². The molecule has 0 bridgehead atoms. The van der Waals surface area contributed by atoms with Gasteiger partial charge in [0.2, 0.25) is 5.90 Å². The number of carbonyl (C=O) groups is 2. The molecule has 0 saturated carbocycles. The van der Waals surface area contributed by atoms with Gasteiger partial charge in [-0.05, 0) is 68.1 Å². The van der Waals surface area contributed by atoms with E-state index in [2.05, 4.69) is 5.32 Å². The summed E-state index contributed by atoms with van der Waals surface area (Å²) in [7, 11) is 0. The van der Waals surface area contributed by atoms with Gasteiger partial charge in [0.15, 0.2) is 11.6 Å². The molecule has 0 spiro atoms. The number of hydrogen-bond donors (Lipinski definition) is 2. The number of carbonyl (C=O) groups excluding carboxylic acids is 2. The van der Waals surface area contributed by atoms with Gasteiger partial charge in [0.25, 0.3) is 5.91 Å². The number of amides is 1. The molecule has 9 heteroatoms. The molecule has 3 aromatic carbocycles. The SMILES string of the molecule is CC(C)(C)OC(=O)CC[C@@]1(C(=O)NCCF)N=C(c2ccc(OCCCO)cc2)O[C@@H]1c1ccc(-c2ccccc2)cc1. The van der Waals surface area contributed by atoms with Gasteiger partial charge in [-0.2, -0.15) is 0 Å². The van der Waals surface area contributed by atoms with Gasteiger partial charge in [-0.3, -0.25) is 9.59 Å². The molecule has 228 valence electrons. The third-order valence-corrected chi connectivity index (χ3v) is 6.86. The zero-order chi connectivity index (χ0) is 30.9. The number of hydrogen-bond acceptors (Lipinski definition) is 7. The number of nitrogens with zero attached hydrogens (tertiary/aromatic N) is 1. The predicted molar refractivity (Wildman–Crippen MR) is 163 cm³/mol. The third kappa shape index (κ3) is 8.20. The second-order valence-corrected chi connectivity index (χ2v) is 11.3. The van der Waals surface area contributed by atoms with E-state index in [0.29, 0.717) is 29.9 Å². The molecular weight excluding hydrogens is 551 g/mol. The van der Waals surface area contributed by atoms with E-state index >= 15 is 0 Å². The van der Waals surface area contributed by atoms with Crippen molar-refractivity contribution >= 4 is 17.8 Å². The van der Waals surface area contributed by atoms with Crippen LogP contribution in [-0.2, 0) is 19.1 Å². The molecule has 0 radical (unpaired) electrons. The molecule has 1 aliphatic rings. The molecule has 8 nitrogen and oxygen atoms in total. The Hall–Kier alpha value is -4.24. The minimum Gasteiger partial charge on any atom is -0.494 e. The number of esters is 1. The summed E-state index contributed by atoms with van der Waals surface area (Å²) < 4.78 is 30.8. The number of halogens is 1. The highest BCUT2D eigenvalue weighted by Crippen LogP contribution is 2.44. The monoisotopic (exact) mass is 590 g/mol.